The zero-order valence-electron chi connectivity index (χ0n) is 9.88. The molecular formula is C11H20N2O3. The van der Waals surface area contributed by atoms with Crippen molar-refractivity contribution in [1.82, 2.24) is 10.6 Å². The van der Waals surface area contributed by atoms with Gasteiger partial charge in [-0.3, -0.25) is 0 Å². The molecule has 2 amide bonds. The van der Waals surface area contributed by atoms with Gasteiger partial charge in [0.25, 0.3) is 0 Å². The van der Waals surface area contributed by atoms with Crippen LogP contribution >= 0.6 is 0 Å². The molecule has 0 aromatic carbocycles. The van der Waals surface area contributed by atoms with E-state index in [1.165, 1.54) is 0 Å². The average molecular weight is 228 g/mol. The molecule has 1 fully saturated rings. The average Bonchev–Trinajstić information content (AvgIpc) is 3.03. The van der Waals surface area contributed by atoms with Crippen LogP contribution in [0.4, 0.5) is 4.79 Å². The van der Waals surface area contributed by atoms with Crippen LogP contribution in [-0.4, -0.2) is 29.7 Å². The lowest BCUT2D eigenvalue weighted by Gasteiger charge is -2.16. The fourth-order valence-electron chi connectivity index (χ4n) is 1.65. The number of carboxylic acid groups (broad SMARTS) is 1. The van der Waals surface area contributed by atoms with Crippen molar-refractivity contribution < 1.29 is 14.7 Å². The van der Waals surface area contributed by atoms with Crippen molar-refractivity contribution in [2.75, 3.05) is 6.54 Å². The van der Waals surface area contributed by atoms with Crippen LogP contribution in [0.5, 0.6) is 0 Å². The predicted molar refractivity (Wildman–Crippen MR) is 60.2 cm³/mol. The summed E-state index contributed by atoms with van der Waals surface area (Å²) >= 11 is 0. The number of hydrogen-bond acceptors (Lipinski definition) is 2. The highest BCUT2D eigenvalue weighted by molar-refractivity contribution is 5.82. The van der Waals surface area contributed by atoms with Crippen LogP contribution < -0.4 is 10.6 Å². The standard InChI is InChI=1S/C11H20N2O3/c1-3-8(9(14)15)13-10(16)12-7-11(4-2)5-6-11/h8H,3-7H2,1-2H3,(H,14,15)(H2,12,13,16)/t8-/m1/s1. The molecule has 5 heteroatoms. The third-order valence-electron chi connectivity index (χ3n) is 3.34. The number of aliphatic carboxylic acids is 1. The normalized spacial score (nSPS) is 18.6. The Kier molecular flexibility index (Phi) is 4.15. The Bertz CT molecular complexity index is 274. The summed E-state index contributed by atoms with van der Waals surface area (Å²) in [7, 11) is 0. The zero-order chi connectivity index (χ0) is 12.2. The summed E-state index contributed by atoms with van der Waals surface area (Å²) in [5, 5.41) is 13.9. The maximum atomic E-state index is 11.4. The fourth-order valence-corrected chi connectivity index (χ4v) is 1.65. The summed E-state index contributed by atoms with van der Waals surface area (Å²) in [5.41, 5.74) is 0.280. The van der Waals surface area contributed by atoms with E-state index in [1.54, 1.807) is 6.92 Å². The lowest BCUT2D eigenvalue weighted by atomic mass is 10.0. The molecule has 0 aromatic heterocycles. The van der Waals surface area contributed by atoms with Crippen molar-refractivity contribution in [1.29, 1.82) is 0 Å². The number of carbonyl (C=O) groups excluding carboxylic acids is 1. The van der Waals surface area contributed by atoms with Crippen molar-refractivity contribution in [3.8, 4) is 0 Å². The van der Waals surface area contributed by atoms with Gasteiger partial charge in [0.05, 0.1) is 0 Å². The lowest BCUT2D eigenvalue weighted by Crippen LogP contribution is -2.46. The Balaban J connectivity index is 2.27. The topological polar surface area (TPSA) is 78.4 Å². The van der Waals surface area contributed by atoms with E-state index in [0.717, 1.165) is 19.3 Å². The minimum Gasteiger partial charge on any atom is -0.480 e. The minimum absolute atomic E-state index is 0.280. The minimum atomic E-state index is -0.991. The highest BCUT2D eigenvalue weighted by Gasteiger charge is 2.40. The van der Waals surface area contributed by atoms with Gasteiger partial charge in [-0.25, -0.2) is 9.59 Å². The molecule has 0 heterocycles. The van der Waals surface area contributed by atoms with Gasteiger partial charge in [0.1, 0.15) is 6.04 Å². The number of carboxylic acids is 1. The number of amides is 2. The van der Waals surface area contributed by atoms with Gasteiger partial charge in [-0.05, 0) is 31.1 Å². The van der Waals surface area contributed by atoms with Crippen LogP contribution in [0, 0.1) is 5.41 Å². The summed E-state index contributed by atoms with van der Waals surface area (Å²) in [5.74, 6) is -0.991. The van der Waals surface area contributed by atoms with E-state index in [9.17, 15) is 9.59 Å². The quantitative estimate of drug-likeness (QED) is 0.642. The maximum absolute atomic E-state index is 11.4. The van der Waals surface area contributed by atoms with Crippen molar-refractivity contribution in [3.63, 3.8) is 0 Å². The smallest absolute Gasteiger partial charge is 0.326 e. The van der Waals surface area contributed by atoms with E-state index >= 15 is 0 Å². The van der Waals surface area contributed by atoms with E-state index in [1.807, 2.05) is 0 Å². The van der Waals surface area contributed by atoms with Crippen LogP contribution in [0.25, 0.3) is 0 Å². The Morgan fingerprint density at radius 3 is 2.38 bits per heavy atom. The van der Waals surface area contributed by atoms with Crippen molar-refractivity contribution in [2.45, 2.75) is 45.6 Å². The largest absolute Gasteiger partial charge is 0.480 e. The number of hydrogen-bond donors (Lipinski definition) is 3. The molecular weight excluding hydrogens is 208 g/mol. The van der Waals surface area contributed by atoms with Gasteiger partial charge in [0.15, 0.2) is 0 Å². The summed E-state index contributed by atoms with van der Waals surface area (Å²) < 4.78 is 0. The molecule has 0 spiro atoms. The Morgan fingerprint density at radius 1 is 1.38 bits per heavy atom. The van der Waals surface area contributed by atoms with Gasteiger partial charge in [-0.2, -0.15) is 0 Å². The number of nitrogens with one attached hydrogen (secondary N) is 2. The number of urea groups is 1. The second-order valence-electron chi connectivity index (χ2n) is 4.48. The van der Waals surface area contributed by atoms with E-state index in [2.05, 4.69) is 17.6 Å². The molecule has 1 atom stereocenters. The van der Waals surface area contributed by atoms with Gasteiger partial charge >= 0.3 is 12.0 Å². The molecule has 1 aliphatic carbocycles. The Morgan fingerprint density at radius 2 is 2.00 bits per heavy atom. The monoisotopic (exact) mass is 228 g/mol. The molecule has 1 aliphatic rings. The van der Waals surface area contributed by atoms with Crippen LogP contribution in [-0.2, 0) is 4.79 Å². The van der Waals surface area contributed by atoms with Crippen molar-refractivity contribution in [2.24, 2.45) is 5.41 Å². The molecule has 92 valence electrons. The summed E-state index contributed by atoms with van der Waals surface area (Å²) in [6, 6.07) is -1.18. The highest BCUT2D eigenvalue weighted by Crippen LogP contribution is 2.47. The van der Waals surface area contributed by atoms with Crippen LogP contribution in [0.15, 0.2) is 0 Å². The first-order chi connectivity index (χ1) is 7.53. The third-order valence-corrected chi connectivity index (χ3v) is 3.34. The molecule has 3 N–H and O–H groups in total. The maximum Gasteiger partial charge on any atom is 0.326 e. The van der Waals surface area contributed by atoms with Gasteiger partial charge in [0, 0.05) is 6.54 Å². The SMILES string of the molecule is CC[C@@H](NC(=O)NCC1(CC)CC1)C(=O)O. The van der Waals surface area contributed by atoms with Gasteiger partial charge < -0.3 is 15.7 Å². The molecule has 0 bridgehead atoms. The molecule has 5 nitrogen and oxygen atoms in total. The van der Waals surface area contributed by atoms with Crippen LogP contribution in [0.2, 0.25) is 0 Å². The first-order valence-electron chi connectivity index (χ1n) is 5.80. The van der Waals surface area contributed by atoms with Gasteiger partial charge in [-0.15, -0.1) is 0 Å². The van der Waals surface area contributed by atoms with E-state index in [-0.39, 0.29) is 11.4 Å². The van der Waals surface area contributed by atoms with Gasteiger partial charge in [0.2, 0.25) is 0 Å². The zero-order valence-corrected chi connectivity index (χ0v) is 9.88. The van der Waals surface area contributed by atoms with Crippen molar-refractivity contribution >= 4 is 12.0 Å². The summed E-state index contributed by atoms with van der Waals surface area (Å²) in [4.78, 5) is 22.1. The van der Waals surface area contributed by atoms with E-state index in [4.69, 9.17) is 5.11 Å². The molecule has 0 radical (unpaired) electrons. The molecule has 0 saturated heterocycles. The van der Waals surface area contributed by atoms with Crippen LogP contribution in [0.1, 0.15) is 39.5 Å². The van der Waals surface area contributed by atoms with E-state index in [0.29, 0.717) is 13.0 Å². The molecule has 1 rings (SSSR count). The summed E-state index contributed by atoms with van der Waals surface area (Å²) in [6.07, 6.45) is 3.75. The lowest BCUT2D eigenvalue weighted by molar-refractivity contribution is -0.139. The van der Waals surface area contributed by atoms with E-state index < -0.39 is 12.0 Å². The second kappa shape index (κ2) is 5.18. The first kappa shape index (κ1) is 12.8. The molecule has 0 unspecified atom stereocenters. The molecule has 1 saturated carbocycles. The Hall–Kier alpha value is -1.26. The van der Waals surface area contributed by atoms with Crippen LogP contribution in [0.3, 0.4) is 0 Å². The van der Waals surface area contributed by atoms with Gasteiger partial charge in [-0.1, -0.05) is 13.8 Å². The molecule has 0 aliphatic heterocycles. The Labute approximate surface area is 95.6 Å². The third kappa shape index (κ3) is 3.40. The number of carbonyl (C=O) groups is 2. The number of rotatable bonds is 6. The second-order valence-corrected chi connectivity index (χ2v) is 4.48. The predicted octanol–water partition coefficient (Wildman–Crippen LogP) is 1.34. The molecule has 16 heavy (non-hydrogen) atoms. The van der Waals surface area contributed by atoms with Crippen molar-refractivity contribution in [3.05, 3.63) is 0 Å². The fraction of sp³-hybridized carbons (Fsp3) is 0.818. The summed E-state index contributed by atoms with van der Waals surface area (Å²) in [6.45, 7) is 4.48. The highest BCUT2D eigenvalue weighted by atomic mass is 16.4. The first-order valence-corrected chi connectivity index (χ1v) is 5.80. The molecule has 0 aromatic rings.